The highest BCUT2D eigenvalue weighted by Gasteiger charge is 2.18. The summed E-state index contributed by atoms with van der Waals surface area (Å²) >= 11 is 0. The van der Waals surface area contributed by atoms with Crippen molar-refractivity contribution in [1.29, 1.82) is 0 Å². The van der Waals surface area contributed by atoms with Crippen LogP contribution in [0.2, 0.25) is 0 Å². The van der Waals surface area contributed by atoms with E-state index in [0.29, 0.717) is 41.6 Å². The molecule has 4 heterocycles. The van der Waals surface area contributed by atoms with E-state index in [0.717, 1.165) is 11.1 Å². The number of aromatic nitrogens is 7. The number of nitrogens with zero attached hydrogens (tertiary/aromatic N) is 6. The first kappa shape index (κ1) is 16.4. The molecule has 138 valence electrons. The van der Waals surface area contributed by atoms with Crippen molar-refractivity contribution in [3.8, 4) is 11.4 Å². The molecule has 8 heteroatoms. The van der Waals surface area contributed by atoms with Crippen LogP contribution in [0.1, 0.15) is 18.3 Å². The first-order chi connectivity index (χ1) is 13.7. The van der Waals surface area contributed by atoms with Crippen molar-refractivity contribution in [2.45, 2.75) is 19.9 Å². The summed E-state index contributed by atoms with van der Waals surface area (Å²) < 4.78 is 3.26. The second kappa shape index (κ2) is 6.41. The summed E-state index contributed by atoms with van der Waals surface area (Å²) in [5.41, 5.74) is 2.70. The molecule has 5 rings (SSSR count). The molecule has 0 aliphatic heterocycles. The lowest BCUT2D eigenvalue weighted by molar-refractivity contribution is 0.727. The van der Waals surface area contributed by atoms with Crippen molar-refractivity contribution >= 4 is 16.9 Å². The summed E-state index contributed by atoms with van der Waals surface area (Å²) in [4.78, 5) is 29.4. The third kappa shape index (κ3) is 2.58. The molecule has 28 heavy (non-hydrogen) atoms. The molecule has 0 saturated heterocycles. The van der Waals surface area contributed by atoms with Crippen LogP contribution in [0.15, 0.2) is 59.7 Å². The molecule has 1 N–H and O–H groups in total. The first-order valence-corrected chi connectivity index (χ1v) is 9.07. The number of fused-ring (bicyclic) bond motifs is 3. The Balaban J connectivity index is 1.73. The molecular formula is C20H17N7O. The lowest BCUT2D eigenvalue weighted by Gasteiger charge is -2.02. The summed E-state index contributed by atoms with van der Waals surface area (Å²) in [6, 6.07) is 13.7. The lowest BCUT2D eigenvalue weighted by atomic mass is 10.1. The molecular weight excluding hydrogens is 354 g/mol. The maximum Gasteiger partial charge on any atom is 0.281 e. The van der Waals surface area contributed by atoms with Crippen LogP contribution in [0.4, 0.5) is 0 Å². The predicted octanol–water partition coefficient (Wildman–Crippen LogP) is 2.44. The molecule has 8 nitrogen and oxygen atoms in total. The summed E-state index contributed by atoms with van der Waals surface area (Å²) in [6.07, 6.45) is 3.97. The number of pyridine rings is 1. The molecule has 0 saturated carbocycles. The average molecular weight is 371 g/mol. The first-order valence-electron chi connectivity index (χ1n) is 9.07. The smallest absolute Gasteiger partial charge is 0.281 e. The second-order valence-electron chi connectivity index (χ2n) is 6.47. The maximum absolute atomic E-state index is 13.0. The van der Waals surface area contributed by atoms with Crippen molar-refractivity contribution in [3.05, 3.63) is 76.6 Å². The van der Waals surface area contributed by atoms with Crippen LogP contribution in [-0.2, 0) is 13.0 Å². The molecule has 0 spiro atoms. The zero-order valence-electron chi connectivity index (χ0n) is 15.2. The number of aryl methyl sites for hydroxylation is 1. The lowest BCUT2D eigenvalue weighted by Crippen LogP contribution is -2.22. The van der Waals surface area contributed by atoms with Gasteiger partial charge in [0.1, 0.15) is 5.82 Å². The number of hydrogen-bond acceptors (Lipinski definition) is 5. The van der Waals surface area contributed by atoms with Gasteiger partial charge in [0.15, 0.2) is 17.0 Å². The molecule has 0 aliphatic carbocycles. The van der Waals surface area contributed by atoms with E-state index in [1.807, 2.05) is 49.4 Å². The van der Waals surface area contributed by atoms with Crippen LogP contribution >= 0.6 is 0 Å². The van der Waals surface area contributed by atoms with E-state index < -0.39 is 0 Å². The van der Waals surface area contributed by atoms with Crippen LogP contribution < -0.4 is 5.56 Å². The molecule has 0 fully saturated rings. The van der Waals surface area contributed by atoms with Crippen LogP contribution in [0.25, 0.3) is 28.3 Å². The van der Waals surface area contributed by atoms with E-state index in [4.69, 9.17) is 0 Å². The summed E-state index contributed by atoms with van der Waals surface area (Å²) in [7, 11) is 0. The van der Waals surface area contributed by atoms with Crippen molar-refractivity contribution in [3.63, 3.8) is 0 Å². The van der Waals surface area contributed by atoms with E-state index in [1.165, 1.54) is 0 Å². The molecule has 0 amide bonds. The van der Waals surface area contributed by atoms with Crippen molar-refractivity contribution < 1.29 is 0 Å². The third-order valence-corrected chi connectivity index (χ3v) is 4.69. The minimum Gasteiger partial charge on any atom is -0.332 e. The Morgan fingerprint density at radius 2 is 1.82 bits per heavy atom. The summed E-state index contributed by atoms with van der Waals surface area (Å²) in [5.74, 6) is 1.75. The van der Waals surface area contributed by atoms with Crippen LogP contribution in [0.5, 0.6) is 0 Å². The van der Waals surface area contributed by atoms with Crippen LogP contribution in [-0.4, -0.2) is 34.1 Å². The molecule has 4 aromatic heterocycles. The maximum atomic E-state index is 13.0. The molecule has 0 radical (unpaired) electrons. The standard InChI is InChI=1S/C20H17N7O/c1-2-26-19(28)16-18(24-17(23-16)14-8-10-21-11-9-14)27-20(26)22-15(25-27)12-13-6-4-3-5-7-13/h3-11H,2,12H2,1H3,(H,23,24). The van der Waals surface area contributed by atoms with Gasteiger partial charge in [0.2, 0.25) is 5.78 Å². The number of H-pyrrole nitrogens is 1. The second-order valence-corrected chi connectivity index (χ2v) is 6.47. The monoisotopic (exact) mass is 371 g/mol. The Hall–Kier alpha value is -3.81. The summed E-state index contributed by atoms with van der Waals surface area (Å²) in [5, 5.41) is 4.64. The Labute approximate surface area is 159 Å². The van der Waals surface area contributed by atoms with Crippen molar-refractivity contribution in [2.75, 3.05) is 0 Å². The van der Waals surface area contributed by atoms with E-state index in [9.17, 15) is 4.79 Å². The van der Waals surface area contributed by atoms with Gasteiger partial charge in [0, 0.05) is 30.9 Å². The van der Waals surface area contributed by atoms with E-state index in [1.54, 1.807) is 21.5 Å². The highest BCUT2D eigenvalue weighted by Crippen LogP contribution is 2.19. The van der Waals surface area contributed by atoms with Crippen LogP contribution in [0, 0.1) is 0 Å². The number of imidazole rings is 1. The van der Waals surface area contributed by atoms with E-state index in [2.05, 4.69) is 25.0 Å². The topological polar surface area (TPSA) is 93.8 Å². The number of nitrogens with one attached hydrogen (secondary N) is 1. The highest BCUT2D eigenvalue weighted by molar-refractivity contribution is 5.77. The molecule has 0 aliphatic rings. The van der Waals surface area contributed by atoms with Gasteiger partial charge >= 0.3 is 0 Å². The van der Waals surface area contributed by atoms with Gasteiger partial charge in [-0.05, 0) is 24.6 Å². The fourth-order valence-electron chi connectivity index (χ4n) is 3.34. The number of hydrogen-bond donors (Lipinski definition) is 1. The Morgan fingerprint density at radius 1 is 1.04 bits per heavy atom. The average Bonchev–Trinajstić information content (AvgIpc) is 3.35. The number of benzene rings is 1. The van der Waals surface area contributed by atoms with E-state index >= 15 is 0 Å². The Morgan fingerprint density at radius 3 is 2.57 bits per heavy atom. The molecule has 0 unspecified atom stereocenters. The molecule has 5 aromatic rings. The summed E-state index contributed by atoms with van der Waals surface area (Å²) in [6.45, 7) is 2.41. The zero-order chi connectivity index (χ0) is 19.1. The largest absolute Gasteiger partial charge is 0.332 e. The number of rotatable bonds is 4. The van der Waals surface area contributed by atoms with Gasteiger partial charge in [0.25, 0.3) is 5.56 Å². The minimum atomic E-state index is -0.156. The van der Waals surface area contributed by atoms with Gasteiger partial charge in [-0.1, -0.05) is 30.3 Å². The fourth-order valence-corrected chi connectivity index (χ4v) is 3.34. The van der Waals surface area contributed by atoms with Gasteiger partial charge in [-0.3, -0.25) is 14.3 Å². The Kier molecular flexibility index (Phi) is 3.75. The van der Waals surface area contributed by atoms with Gasteiger partial charge in [-0.25, -0.2) is 4.98 Å². The molecule has 1 aromatic carbocycles. The predicted molar refractivity (Wildman–Crippen MR) is 105 cm³/mol. The van der Waals surface area contributed by atoms with Crippen molar-refractivity contribution in [1.82, 2.24) is 34.1 Å². The highest BCUT2D eigenvalue weighted by atomic mass is 16.1. The fraction of sp³-hybridized carbons (Fsp3) is 0.150. The van der Waals surface area contributed by atoms with E-state index in [-0.39, 0.29) is 5.56 Å². The molecule has 0 atom stereocenters. The van der Waals surface area contributed by atoms with Gasteiger partial charge < -0.3 is 4.98 Å². The minimum absolute atomic E-state index is 0.156. The quantitative estimate of drug-likeness (QED) is 0.524. The van der Waals surface area contributed by atoms with Gasteiger partial charge in [0.05, 0.1) is 0 Å². The van der Waals surface area contributed by atoms with Crippen molar-refractivity contribution in [2.24, 2.45) is 0 Å². The zero-order valence-corrected chi connectivity index (χ0v) is 15.2. The molecule has 0 bridgehead atoms. The SMILES string of the molecule is CCn1c(=O)c2[nH]c(-c3ccncc3)nc2n2nc(Cc3ccccc3)nc12. The van der Waals surface area contributed by atoms with Crippen LogP contribution in [0.3, 0.4) is 0 Å². The number of aromatic amines is 1. The Bertz CT molecular complexity index is 1330. The van der Waals surface area contributed by atoms with Gasteiger partial charge in [-0.2, -0.15) is 9.50 Å². The third-order valence-electron chi connectivity index (χ3n) is 4.69. The normalized spacial score (nSPS) is 11.5. The van der Waals surface area contributed by atoms with Gasteiger partial charge in [-0.15, -0.1) is 5.10 Å².